The largest absolute Gasteiger partial charge is 0.394 e. The summed E-state index contributed by atoms with van der Waals surface area (Å²) >= 11 is 0. The van der Waals surface area contributed by atoms with Crippen molar-refractivity contribution in [1.29, 1.82) is 0 Å². The highest BCUT2D eigenvalue weighted by Crippen LogP contribution is 2.35. The smallest absolute Gasteiger partial charge is 0.178 e. The van der Waals surface area contributed by atoms with Crippen molar-refractivity contribution in [2.45, 2.75) is 29.8 Å². The lowest BCUT2D eigenvalue weighted by molar-refractivity contribution is 0.188. The molecule has 1 heterocycles. The zero-order valence-corrected chi connectivity index (χ0v) is 10.5. The van der Waals surface area contributed by atoms with Crippen molar-refractivity contribution in [2.75, 3.05) is 12.9 Å². The Morgan fingerprint density at radius 2 is 2.29 bits per heavy atom. The summed E-state index contributed by atoms with van der Waals surface area (Å²) in [6, 6.07) is -0.523. The summed E-state index contributed by atoms with van der Waals surface area (Å²) in [7, 11) is -3.26. The lowest BCUT2D eigenvalue weighted by Gasteiger charge is -2.21. The fourth-order valence-corrected chi connectivity index (χ4v) is 2.41. The molecule has 2 unspecified atom stereocenters. The second-order valence-corrected chi connectivity index (χ2v) is 6.61. The SMILES string of the molecule is CS(=O)(=O)c1cnn(C(CO)C(N)C2CC2)c1. The van der Waals surface area contributed by atoms with E-state index in [1.807, 2.05) is 0 Å². The Morgan fingerprint density at radius 1 is 1.65 bits per heavy atom. The summed E-state index contributed by atoms with van der Waals surface area (Å²) in [5, 5.41) is 13.3. The Labute approximate surface area is 100 Å². The molecule has 0 bridgehead atoms. The Hall–Kier alpha value is -0.920. The summed E-state index contributed by atoms with van der Waals surface area (Å²) < 4.78 is 24.1. The summed E-state index contributed by atoms with van der Waals surface area (Å²) in [6.07, 6.45) is 5.98. The van der Waals surface area contributed by atoms with E-state index >= 15 is 0 Å². The van der Waals surface area contributed by atoms with E-state index in [1.165, 1.54) is 17.1 Å². The lowest BCUT2D eigenvalue weighted by atomic mass is 10.1. The maximum atomic E-state index is 11.3. The first-order valence-electron chi connectivity index (χ1n) is 5.54. The van der Waals surface area contributed by atoms with Crippen molar-refractivity contribution in [1.82, 2.24) is 9.78 Å². The van der Waals surface area contributed by atoms with E-state index in [0.717, 1.165) is 19.1 Å². The van der Waals surface area contributed by atoms with Crippen LogP contribution in [0.15, 0.2) is 17.3 Å². The van der Waals surface area contributed by atoms with Gasteiger partial charge in [0.25, 0.3) is 0 Å². The minimum absolute atomic E-state index is 0.136. The van der Waals surface area contributed by atoms with E-state index in [4.69, 9.17) is 5.73 Å². The number of sulfone groups is 1. The van der Waals surface area contributed by atoms with Gasteiger partial charge >= 0.3 is 0 Å². The summed E-state index contributed by atoms with van der Waals surface area (Å²) in [5.41, 5.74) is 6.01. The van der Waals surface area contributed by atoms with Crippen LogP contribution in [0.25, 0.3) is 0 Å². The van der Waals surface area contributed by atoms with E-state index in [2.05, 4.69) is 5.10 Å². The lowest BCUT2D eigenvalue weighted by Crippen LogP contribution is -2.36. The first-order valence-corrected chi connectivity index (χ1v) is 7.43. The van der Waals surface area contributed by atoms with Gasteiger partial charge in [-0.3, -0.25) is 4.68 Å². The van der Waals surface area contributed by atoms with Crippen LogP contribution in [-0.4, -0.2) is 42.2 Å². The van der Waals surface area contributed by atoms with Crippen LogP contribution in [0.3, 0.4) is 0 Å². The molecule has 0 spiro atoms. The Balaban J connectivity index is 2.22. The maximum Gasteiger partial charge on any atom is 0.178 e. The molecule has 17 heavy (non-hydrogen) atoms. The van der Waals surface area contributed by atoms with Crippen LogP contribution >= 0.6 is 0 Å². The molecule has 6 nitrogen and oxygen atoms in total. The molecule has 1 aromatic rings. The third kappa shape index (κ3) is 2.67. The van der Waals surface area contributed by atoms with Gasteiger partial charge in [-0.2, -0.15) is 5.10 Å². The number of nitrogens with zero attached hydrogens (tertiary/aromatic N) is 2. The fourth-order valence-electron chi connectivity index (χ4n) is 1.87. The topological polar surface area (TPSA) is 98.2 Å². The summed E-state index contributed by atoms with van der Waals surface area (Å²) in [4.78, 5) is 0.152. The van der Waals surface area contributed by atoms with Gasteiger partial charge in [-0.1, -0.05) is 0 Å². The second kappa shape index (κ2) is 4.40. The van der Waals surface area contributed by atoms with Crippen molar-refractivity contribution >= 4 is 9.84 Å². The molecule has 2 atom stereocenters. The molecule has 0 aliphatic heterocycles. The standard InChI is InChI=1S/C10H17N3O3S/c1-17(15,16)8-4-12-13(5-8)9(6-14)10(11)7-2-3-7/h4-5,7,9-10,14H,2-3,6,11H2,1H3. The number of hydrogen-bond acceptors (Lipinski definition) is 5. The molecule has 1 aliphatic carbocycles. The molecule has 0 saturated heterocycles. The van der Waals surface area contributed by atoms with E-state index in [-0.39, 0.29) is 23.6 Å². The summed E-state index contributed by atoms with van der Waals surface area (Å²) in [6.45, 7) is -0.136. The van der Waals surface area contributed by atoms with Gasteiger partial charge in [0.1, 0.15) is 4.90 Å². The molecule has 3 N–H and O–H groups in total. The normalized spacial score (nSPS) is 20.2. The van der Waals surface area contributed by atoms with Gasteiger partial charge in [-0.25, -0.2) is 8.42 Å². The third-order valence-corrected chi connectivity index (χ3v) is 4.21. The number of aliphatic hydroxyl groups excluding tert-OH is 1. The fraction of sp³-hybridized carbons (Fsp3) is 0.700. The van der Waals surface area contributed by atoms with Crippen LogP contribution in [0, 0.1) is 5.92 Å². The van der Waals surface area contributed by atoms with E-state index in [0.29, 0.717) is 5.92 Å². The van der Waals surface area contributed by atoms with Crippen LogP contribution in [0.1, 0.15) is 18.9 Å². The number of aromatic nitrogens is 2. The maximum absolute atomic E-state index is 11.3. The number of hydrogen-bond donors (Lipinski definition) is 2. The molecule has 7 heteroatoms. The van der Waals surface area contributed by atoms with E-state index in [1.54, 1.807) is 0 Å². The van der Waals surface area contributed by atoms with Gasteiger partial charge < -0.3 is 10.8 Å². The highest BCUT2D eigenvalue weighted by atomic mass is 32.2. The Bertz CT molecular complexity index is 493. The predicted octanol–water partition coefficient (Wildman–Crippen LogP) is -0.443. The average molecular weight is 259 g/mol. The minimum Gasteiger partial charge on any atom is -0.394 e. The molecule has 0 amide bonds. The van der Waals surface area contributed by atoms with Crippen LogP contribution in [0.5, 0.6) is 0 Å². The Kier molecular flexibility index (Phi) is 3.24. The van der Waals surface area contributed by atoms with Gasteiger partial charge in [-0.05, 0) is 18.8 Å². The molecular formula is C10H17N3O3S. The average Bonchev–Trinajstić information content (AvgIpc) is 2.97. The van der Waals surface area contributed by atoms with E-state index < -0.39 is 9.84 Å². The van der Waals surface area contributed by atoms with E-state index in [9.17, 15) is 13.5 Å². The highest BCUT2D eigenvalue weighted by molar-refractivity contribution is 7.90. The van der Waals surface area contributed by atoms with Crippen molar-refractivity contribution in [2.24, 2.45) is 11.7 Å². The van der Waals surface area contributed by atoms with Crippen LogP contribution in [0.2, 0.25) is 0 Å². The zero-order valence-electron chi connectivity index (χ0n) is 9.65. The van der Waals surface area contributed by atoms with Gasteiger partial charge in [-0.15, -0.1) is 0 Å². The molecule has 1 aromatic heterocycles. The zero-order chi connectivity index (χ0) is 12.6. The molecule has 0 radical (unpaired) electrons. The van der Waals surface area contributed by atoms with Crippen LogP contribution < -0.4 is 5.73 Å². The van der Waals surface area contributed by atoms with Crippen molar-refractivity contribution in [3.8, 4) is 0 Å². The number of nitrogens with two attached hydrogens (primary N) is 1. The first kappa shape index (κ1) is 12.5. The van der Waals surface area contributed by atoms with Gasteiger partial charge in [0.15, 0.2) is 9.84 Å². The third-order valence-electron chi connectivity index (χ3n) is 3.14. The molecule has 1 aliphatic rings. The first-order chi connectivity index (χ1) is 7.93. The highest BCUT2D eigenvalue weighted by Gasteiger charge is 2.35. The van der Waals surface area contributed by atoms with Crippen molar-refractivity contribution < 1.29 is 13.5 Å². The minimum atomic E-state index is -3.26. The molecular weight excluding hydrogens is 242 g/mol. The monoisotopic (exact) mass is 259 g/mol. The molecule has 2 rings (SSSR count). The van der Waals surface area contributed by atoms with Gasteiger partial charge in [0, 0.05) is 18.5 Å². The molecule has 1 fully saturated rings. The van der Waals surface area contributed by atoms with Gasteiger partial charge in [0.05, 0.1) is 18.8 Å². The van der Waals surface area contributed by atoms with Gasteiger partial charge in [0.2, 0.25) is 0 Å². The number of aliphatic hydroxyl groups is 1. The van der Waals surface area contributed by atoms with Crippen LogP contribution in [-0.2, 0) is 9.84 Å². The molecule has 96 valence electrons. The number of rotatable bonds is 5. The molecule has 1 saturated carbocycles. The van der Waals surface area contributed by atoms with Crippen molar-refractivity contribution in [3.05, 3.63) is 12.4 Å². The van der Waals surface area contributed by atoms with Crippen LogP contribution in [0.4, 0.5) is 0 Å². The second-order valence-electron chi connectivity index (χ2n) is 4.59. The summed E-state index contributed by atoms with van der Waals surface area (Å²) in [5.74, 6) is 0.415. The van der Waals surface area contributed by atoms with Crippen molar-refractivity contribution in [3.63, 3.8) is 0 Å². The molecule has 0 aromatic carbocycles. The Morgan fingerprint density at radius 3 is 2.71 bits per heavy atom. The quantitative estimate of drug-likeness (QED) is 0.747. The predicted molar refractivity (Wildman–Crippen MR) is 62.2 cm³/mol.